The van der Waals surface area contributed by atoms with Gasteiger partial charge in [0.15, 0.2) is 0 Å². The number of nitrogens with zero attached hydrogens (tertiary/aromatic N) is 2. The van der Waals surface area contributed by atoms with Gasteiger partial charge in [0, 0.05) is 31.3 Å². The lowest BCUT2D eigenvalue weighted by Gasteiger charge is -2.28. The molecule has 226 valence electrons. The second-order valence-electron chi connectivity index (χ2n) is 10.8. The molecule has 9 nitrogen and oxygen atoms in total. The van der Waals surface area contributed by atoms with Crippen LogP contribution in [0.1, 0.15) is 114 Å². The Hall–Kier alpha value is -3.49. The maximum absolute atomic E-state index is 13.6. The number of nitrogens with one attached hydrogen (secondary N) is 1. The highest BCUT2D eigenvalue weighted by molar-refractivity contribution is 5.97. The van der Waals surface area contributed by atoms with Gasteiger partial charge >= 0.3 is 5.97 Å². The summed E-state index contributed by atoms with van der Waals surface area (Å²) in [6.07, 6.45) is 13.3. The second-order valence-corrected chi connectivity index (χ2v) is 10.8. The standard InChI is InChI=1S/C32H48N4O5/c1-2-3-4-5-6-7-8-9-10-11-14-23-36(24-22-29(33)37)32(41)28(18-15-19-30(38)39)35-31(40)27-21-20-25-16-12-13-17-26(25)34-27/h12-13,16-17,20-21,28H,2-11,14-15,18-19,22-24H2,1H3,(H2,33,37)(H,35,40)(H,38,39)/t28-/m0/s1. The fourth-order valence-electron chi connectivity index (χ4n) is 4.90. The first-order chi connectivity index (χ1) is 19.8. The molecule has 3 amide bonds. The lowest BCUT2D eigenvalue weighted by molar-refractivity contribution is -0.138. The third-order valence-electron chi connectivity index (χ3n) is 7.29. The van der Waals surface area contributed by atoms with Crippen molar-refractivity contribution >= 4 is 34.6 Å². The minimum atomic E-state index is -0.967. The largest absolute Gasteiger partial charge is 0.481 e. The number of aliphatic carboxylic acids is 1. The minimum Gasteiger partial charge on any atom is -0.481 e. The van der Waals surface area contributed by atoms with E-state index in [1.165, 1.54) is 44.9 Å². The van der Waals surface area contributed by atoms with Crippen LogP contribution in [0.5, 0.6) is 0 Å². The first-order valence-corrected chi connectivity index (χ1v) is 15.3. The number of hydrogen-bond donors (Lipinski definition) is 3. The number of aromatic nitrogens is 1. The monoisotopic (exact) mass is 568 g/mol. The first-order valence-electron chi connectivity index (χ1n) is 15.3. The van der Waals surface area contributed by atoms with Gasteiger partial charge in [0.2, 0.25) is 11.8 Å². The van der Waals surface area contributed by atoms with Crippen molar-refractivity contribution in [2.24, 2.45) is 5.73 Å². The highest BCUT2D eigenvalue weighted by atomic mass is 16.4. The molecule has 0 bridgehead atoms. The second kappa shape index (κ2) is 19.6. The molecule has 2 rings (SSSR count). The topological polar surface area (TPSA) is 143 Å². The highest BCUT2D eigenvalue weighted by Gasteiger charge is 2.27. The number of rotatable bonds is 22. The summed E-state index contributed by atoms with van der Waals surface area (Å²) in [6, 6.07) is 9.89. The van der Waals surface area contributed by atoms with Crippen LogP contribution in [-0.2, 0) is 14.4 Å². The Balaban J connectivity index is 1.97. The van der Waals surface area contributed by atoms with E-state index in [-0.39, 0.29) is 43.8 Å². The Morgan fingerprint density at radius 2 is 1.46 bits per heavy atom. The SMILES string of the molecule is CCCCCCCCCCCCCN(CCC(N)=O)C(=O)[C@H](CCCC(=O)O)NC(=O)c1ccc2ccccc2n1. The number of pyridine rings is 1. The summed E-state index contributed by atoms with van der Waals surface area (Å²) in [5.41, 5.74) is 6.21. The molecule has 0 radical (unpaired) electrons. The Labute approximate surface area is 244 Å². The molecule has 0 saturated heterocycles. The molecule has 0 fully saturated rings. The van der Waals surface area contributed by atoms with Crippen molar-refractivity contribution in [1.29, 1.82) is 0 Å². The van der Waals surface area contributed by atoms with Crippen molar-refractivity contribution in [3.05, 3.63) is 42.1 Å². The number of nitrogens with two attached hydrogens (primary N) is 1. The molecule has 1 atom stereocenters. The average molecular weight is 569 g/mol. The van der Waals surface area contributed by atoms with Crippen LogP contribution < -0.4 is 11.1 Å². The average Bonchev–Trinajstić information content (AvgIpc) is 2.95. The molecule has 4 N–H and O–H groups in total. The quantitative estimate of drug-likeness (QED) is 0.158. The summed E-state index contributed by atoms with van der Waals surface area (Å²) in [5, 5.41) is 12.8. The highest BCUT2D eigenvalue weighted by Crippen LogP contribution is 2.15. The summed E-state index contributed by atoms with van der Waals surface area (Å²) >= 11 is 0. The number of carboxylic acid groups (broad SMARTS) is 1. The fourth-order valence-corrected chi connectivity index (χ4v) is 4.90. The Morgan fingerprint density at radius 3 is 2.10 bits per heavy atom. The molecule has 1 aromatic carbocycles. The zero-order chi connectivity index (χ0) is 29.9. The van der Waals surface area contributed by atoms with E-state index in [1.54, 1.807) is 23.1 Å². The Kier molecular flexibility index (Phi) is 16.1. The smallest absolute Gasteiger partial charge is 0.303 e. The molecular weight excluding hydrogens is 520 g/mol. The lowest BCUT2D eigenvalue weighted by Crippen LogP contribution is -2.49. The third kappa shape index (κ3) is 13.6. The zero-order valence-corrected chi connectivity index (χ0v) is 24.6. The van der Waals surface area contributed by atoms with Crippen LogP contribution in [0.15, 0.2) is 36.4 Å². The molecule has 0 aliphatic rings. The van der Waals surface area contributed by atoms with Crippen LogP contribution in [0.2, 0.25) is 0 Å². The normalized spacial score (nSPS) is 11.7. The molecule has 1 aromatic heterocycles. The van der Waals surface area contributed by atoms with Crippen LogP contribution in [0, 0.1) is 0 Å². The van der Waals surface area contributed by atoms with E-state index in [4.69, 9.17) is 10.8 Å². The zero-order valence-electron chi connectivity index (χ0n) is 24.6. The molecule has 41 heavy (non-hydrogen) atoms. The fraction of sp³-hybridized carbons (Fsp3) is 0.594. The summed E-state index contributed by atoms with van der Waals surface area (Å²) < 4.78 is 0. The van der Waals surface area contributed by atoms with Gasteiger partial charge in [-0.2, -0.15) is 0 Å². The third-order valence-corrected chi connectivity index (χ3v) is 7.29. The molecule has 9 heteroatoms. The Bertz CT molecular complexity index is 1110. The molecule has 0 saturated carbocycles. The van der Waals surface area contributed by atoms with E-state index in [0.29, 0.717) is 12.1 Å². The number of amides is 3. The van der Waals surface area contributed by atoms with Crippen molar-refractivity contribution in [2.45, 2.75) is 109 Å². The van der Waals surface area contributed by atoms with Gasteiger partial charge in [0.25, 0.3) is 5.91 Å². The van der Waals surface area contributed by atoms with Gasteiger partial charge in [-0.15, -0.1) is 0 Å². The predicted octanol–water partition coefficient (Wildman–Crippen LogP) is 5.60. The van der Waals surface area contributed by atoms with Crippen LogP contribution in [0.3, 0.4) is 0 Å². The van der Waals surface area contributed by atoms with Gasteiger partial charge in [0.05, 0.1) is 5.52 Å². The van der Waals surface area contributed by atoms with E-state index in [0.717, 1.165) is 31.1 Å². The number of carboxylic acids is 1. The number of benzene rings is 1. The van der Waals surface area contributed by atoms with Crippen LogP contribution in [0.4, 0.5) is 0 Å². The summed E-state index contributed by atoms with van der Waals surface area (Å²) in [6.45, 7) is 2.83. The van der Waals surface area contributed by atoms with E-state index in [1.807, 2.05) is 18.2 Å². The van der Waals surface area contributed by atoms with Gasteiger partial charge in [-0.3, -0.25) is 19.2 Å². The van der Waals surface area contributed by atoms with Crippen molar-refractivity contribution in [1.82, 2.24) is 15.2 Å². The molecule has 1 heterocycles. The van der Waals surface area contributed by atoms with Gasteiger partial charge in [-0.1, -0.05) is 95.4 Å². The summed E-state index contributed by atoms with van der Waals surface area (Å²) in [4.78, 5) is 55.4. The summed E-state index contributed by atoms with van der Waals surface area (Å²) in [5.74, 6) is -2.31. The number of fused-ring (bicyclic) bond motifs is 1. The van der Waals surface area contributed by atoms with Gasteiger partial charge in [0.1, 0.15) is 11.7 Å². The molecular formula is C32H48N4O5. The van der Waals surface area contributed by atoms with E-state index in [2.05, 4.69) is 17.2 Å². The van der Waals surface area contributed by atoms with Crippen molar-refractivity contribution in [3.8, 4) is 0 Å². The number of para-hydroxylation sites is 1. The van der Waals surface area contributed by atoms with E-state index >= 15 is 0 Å². The maximum Gasteiger partial charge on any atom is 0.303 e. The van der Waals surface area contributed by atoms with Gasteiger partial charge in [-0.25, -0.2) is 4.98 Å². The van der Waals surface area contributed by atoms with Crippen molar-refractivity contribution < 1.29 is 24.3 Å². The van der Waals surface area contributed by atoms with Crippen molar-refractivity contribution in [2.75, 3.05) is 13.1 Å². The number of carbonyl (C=O) groups excluding carboxylic acids is 3. The first kappa shape index (κ1) is 33.7. The van der Waals surface area contributed by atoms with Crippen LogP contribution >= 0.6 is 0 Å². The van der Waals surface area contributed by atoms with Crippen LogP contribution in [-0.4, -0.2) is 57.8 Å². The van der Waals surface area contributed by atoms with Crippen molar-refractivity contribution in [3.63, 3.8) is 0 Å². The molecule has 0 unspecified atom stereocenters. The number of carbonyl (C=O) groups is 4. The van der Waals surface area contributed by atoms with E-state index < -0.39 is 23.8 Å². The molecule has 0 spiro atoms. The number of hydrogen-bond acceptors (Lipinski definition) is 5. The Morgan fingerprint density at radius 1 is 0.829 bits per heavy atom. The molecule has 0 aliphatic heterocycles. The van der Waals surface area contributed by atoms with Gasteiger partial charge < -0.3 is 21.1 Å². The van der Waals surface area contributed by atoms with Gasteiger partial charge in [-0.05, 0) is 31.4 Å². The lowest BCUT2D eigenvalue weighted by atomic mass is 10.0. The molecule has 2 aromatic rings. The summed E-state index contributed by atoms with van der Waals surface area (Å²) in [7, 11) is 0. The van der Waals surface area contributed by atoms with Crippen LogP contribution in [0.25, 0.3) is 10.9 Å². The van der Waals surface area contributed by atoms with E-state index in [9.17, 15) is 19.2 Å². The number of primary amides is 1. The number of unbranched alkanes of at least 4 members (excludes halogenated alkanes) is 10. The minimum absolute atomic E-state index is 0.0196. The molecule has 0 aliphatic carbocycles. The predicted molar refractivity (Wildman–Crippen MR) is 161 cm³/mol. The maximum atomic E-state index is 13.6.